The molecule has 0 atom stereocenters. The van der Waals surface area contributed by atoms with Gasteiger partial charge in [-0.25, -0.2) is 4.79 Å². The highest BCUT2D eigenvalue weighted by molar-refractivity contribution is 7.96. The maximum absolute atomic E-state index is 10.6. The van der Waals surface area contributed by atoms with Gasteiger partial charge in [0.15, 0.2) is 11.6 Å². The van der Waals surface area contributed by atoms with Crippen molar-refractivity contribution in [2.24, 2.45) is 10.1 Å². The van der Waals surface area contributed by atoms with Crippen LogP contribution in [0.25, 0.3) is 0 Å². The van der Waals surface area contributed by atoms with Gasteiger partial charge in [-0.15, -0.1) is 0 Å². The summed E-state index contributed by atoms with van der Waals surface area (Å²) in [6.07, 6.45) is 0. The van der Waals surface area contributed by atoms with Crippen LogP contribution < -0.4 is 10.5 Å². The summed E-state index contributed by atoms with van der Waals surface area (Å²) in [5.41, 5.74) is 8.46. The van der Waals surface area contributed by atoms with Crippen molar-refractivity contribution in [2.75, 3.05) is 0 Å². The third kappa shape index (κ3) is 1.94. The van der Waals surface area contributed by atoms with Crippen LogP contribution in [0.5, 0.6) is 0 Å². The van der Waals surface area contributed by atoms with Gasteiger partial charge in [0.2, 0.25) is 0 Å². The highest BCUT2D eigenvalue weighted by atomic mass is 32.2. The molecule has 15 heavy (non-hydrogen) atoms. The Kier molecular flexibility index (Phi) is 2.87. The lowest BCUT2D eigenvalue weighted by Crippen LogP contribution is -2.09. The van der Waals surface area contributed by atoms with Crippen molar-refractivity contribution in [3.8, 4) is 0 Å². The van der Waals surface area contributed by atoms with E-state index in [0.717, 1.165) is 23.3 Å². The molecule has 0 radical (unpaired) electrons. The van der Waals surface area contributed by atoms with Crippen molar-refractivity contribution in [1.29, 1.82) is 0 Å². The van der Waals surface area contributed by atoms with Crippen LogP contribution in [0.3, 0.4) is 0 Å². The number of benzene rings is 1. The van der Waals surface area contributed by atoms with E-state index in [4.69, 9.17) is 5.73 Å². The summed E-state index contributed by atoms with van der Waals surface area (Å²) in [6, 6.07) is 7.63. The normalized spacial score (nSPS) is 14.5. The minimum Gasteiger partial charge on any atom is -0.326 e. The van der Waals surface area contributed by atoms with Crippen molar-refractivity contribution in [3.63, 3.8) is 0 Å². The van der Waals surface area contributed by atoms with Gasteiger partial charge in [-0.1, -0.05) is 24.3 Å². The van der Waals surface area contributed by atoms with Crippen LogP contribution in [-0.4, -0.2) is 11.7 Å². The number of rotatable bonds is 2. The second-order valence-electron chi connectivity index (χ2n) is 3.01. The first kappa shape index (κ1) is 9.98. The summed E-state index contributed by atoms with van der Waals surface area (Å²) in [7, 11) is 0. The Balaban J connectivity index is 2.34. The maximum atomic E-state index is 10.6. The number of hydrogen-bond donors (Lipinski definition) is 2. The second-order valence-corrected chi connectivity index (χ2v) is 3.58. The third-order valence-electron chi connectivity index (χ3n) is 2.09. The van der Waals surface area contributed by atoms with E-state index in [0.29, 0.717) is 18.0 Å². The molecule has 1 aliphatic rings. The minimum absolute atomic E-state index is 0.389. The van der Waals surface area contributed by atoms with Gasteiger partial charge in [0, 0.05) is 12.1 Å². The second kappa shape index (κ2) is 4.31. The van der Waals surface area contributed by atoms with Crippen molar-refractivity contribution >= 4 is 23.8 Å². The fourth-order valence-electron chi connectivity index (χ4n) is 1.27. The fourth-order valence-corrected chi connectivity index (χ4v) is 1.84. The molecule has 0 fully saturated rings. The van der Waals surface area contributed by atoms with E-state index in [1.165, 1.54) is 0 Å². The van der Waals surface area contributed by atoms with Gasteiger partial charge >= 0.3 is 0 Å². The number of nitrogens with zero attached hydrogens (tertiary/aromatic N) is 1. The molecule has 0 amide bonds. The van der Waals surface area contributed by atoms with Crippen LogP contribution in [0.15, 0.2) is 34.4 Å². The lowest BCUT2D eigenvalue weighted by atomic mass is 10.1. The molecule has 76 valence electrons. The Morgan fingerprint density at radius 1 is 1.40 bits per heavy atom. The number of hydrogen-bond acceptors (Lipinski definition) is 5. The molecule has 5 heteroatoms. The van der Waals surface area contributed by atoms with Crippen molar-refractivity contribution in [1.82, 2.24) is 4.72 Å². The van der Waals surface area contributed by atoms with Crippen molar-refractivity contribution < 1.29 is 4.79 Å². The number of allylic oxidation sites excluding steroid dienone is 1. The van der Waals surface area contributed by atoms with Crippen LogP contribution >= 0.6 is 12.1 Å². The largest absolute Gasteiger partial charge is 0.326 e. The van der Waals surface area contributed by atoms with Gasteiger partial charge < -0.3 is 5.73 Å². The van der Waals surface area contributed by atoms with E-state index in [9.17, 15) is 4.79 Å². The van der Waals surface area contributed by atoms with Crippen LogP contribution in [0.4, 0.5) is 0 Å². The summed E-state index contributed by atoms with van der Waals surface area (Å²) >= 11 is 1.13. The van der Waals surface area contributed by atoms with Gasteiger partial charge in [0.25, 0.3) is 0 Å². The van der Waals surface area contributed by atoms with Gasteiger partial charge in [-0.05, 0) is 5.56 Å². The van der Waals surface area contributed by atoms with Gasteiger partial charge in [-0.2, -0.15) is 4.40 Å². The Morgan fingerprint density at radius 2 is 2.13 bits per heavy atom. The van der Waals surface area contributed by atoms with Crippen molar-refractivity contribution in [2.45, 2.75) is 6.54 Å². The monoisotopic (exact) mass is 219 g/mol. The van der Waals surface area contributed by atoms with E-state index in [-0.39, 0.29) is 0 Å². The molecule has 0 saturated carbocycles. The van der Waals surface area contributed by atoms with E-state index in [1.54, 1.807) is 0 Å². The third-order valence-corrected chi connectivity index (χ3v) is 2.66. The number of nitrogens with one attached hydrogen (secondary N) is 1. The molecule has 4 nitrogen and oxygen atoms in total. The average Bonchev–Trinajstić information content (AvgIpc) is 2.77. The molecule has 1 aromatic carbocycles. The highest BCUT2D eigenvalue weighted by Crippen LogP contribution is 2.18. The summed E-state index contributed by atoms with van der Waals surface area (Å²) in [6.45, 7) is 0.510. The molecule has 0 spiro atoms. The fraction of sp³-hybridized carbons (Fsp3) is 0.100. The van der Waals surface area contributed by atoms with Crippen LogP contribution in [0.1, 0.15) is 11.1 Å². The average molecular weight is 219 g/mol. The molecule has 0 bridgehead atoms. The SMILES string of the molecule is NCc1ccc(C2=NSNC2=C=O)cc1. The molecule has 2 rings (SSSR count). The number of nitrogens with two attached hydrogens (primary N) is 1. The van der Waals surface area contributed by atoms with Crippen LogP contribution in [0.2, 0.25) is 0 Å². The topological polar surface area (TPSA) is 67.5 Å². The summed E-state index contributed by atoms with van der Waals surface area (Å²) in [4.78, 5) is 10.6. The van der Waals surface area contributed by atoms with E-state index < -0.39 is 0 Å². The Morgan fingerprint density at radius 3 is 2.73 bits per heavy atom. The summed E-state index contributed by atoms with van der Waals surface area (Å²) < 4.78 is 6.87. The zero-order valence-corrected chi connectivity index (χ0v) is 8.67. The molecule has 3 N–H and O–H groups in total. The van der Waals surface area contributed by atoms with E-state index in [2.05, 4.69) is 9.12 Å². The molecule has 1 aromatic rings. The Bertz CT molecular complexity index is 446. The first-order valence-corrected chi connectivity index (χ1v) is 5.17. The Hall–Kier alpha value is -1.55. The van der Waals surface area contributed by atoms with Crippen LogP contribution in [0, 0.1) is 0 Å². The molecule has 0 saturated heterocycles. The van der Waals surface area contributed by atoms with Gasteiger partial charge in [0.05, 0.1) is 12.1 Å². The molecule has 1 heterocycles. The molecule has 0 aliphatic carbocycles. The van der Waals surface area contributed by atoms with Crippen molar-refractivity contribution in [3.05, 3.63) is 41.1 Å². The quantitative estimate of drug-likeness (QED) is 0.570. The molecular formula is C10H9N3OS. The van der Waals surface area contributed by atoms with Crippen LogP contribution in [-0.2, 0) is 11.3 Å². The van der Waals surface area contributed by atoms with Gasteiger partial charge in [-0.3, -0.25) is 4.72 Å². The predicted molar refractivity (Wildman–Crippen MR) is 60.8 cm³/mol. The first-order chi connectivity index (χ1) is 7.35. The maximum Gasteiger partial charge on any atom is 0.158 e. The first-order valence-electron chi connectivity index (χ1n) is 4.40. The minimum atomic E-state index is 0.389. The molecule has 0 aromatic heterocycles. The molecular weight excluding hydrogens is 210 g/mol. The summed E-state index contributed by atoms with van der Waals surface area (Å²) in [5.74, 6) is 1.82. The van der Waals surface area contributed by atoms with E-state index >= 15 is 0 Å². The standard InChI is InChI=1S/C10H9N3OS/c11-5-7-1-3-8(4-2-7)10-9(6-14)12-15-13-10/h1-4,12H,5,11H2. The predicted octanol–water partition coefficient (Wildman–Crippen LogP) is 0.816. The Labute approximate surface area is 91.5 Å². The van der Waals surface area contributed by atoms with Gasteiger partial charge in [0.1, 0.15) is 5.71 Å². The lowest BCUT2D eigenvalue weighted by molar-refractivity contribution is 0.567. The number of carbonyl (C=O) groups excluding carboxylic acids is 1. The molecule has 1 aliphatic heterocycles. The lowest BCUT2D eigenvalue weighted by Gasteiger charge is -2.01. The zero-order chi connectivity index (χ0) is 10.7. The summed E-state index contributed by atoms with van der Waals surface area (Å²) in [5, 5.41) is 0. The van der Waals surface area contributed by atoms with E-state index in [1.807, 2.05) is 30.2 Å². The smallest absolute Gasteiger partial charge is 0.158 e. The highest BCUT2D eigenvalue weighted by Gasteiger charge is 2.16. The zero-order valence-electron chi connectivity index (χ0n) is 7.86. The molecule has 0 unspecified atom stereocenters.